The molecule has 18 heteroatoms. The highest BCUT2D eigenvalue weighted by Gasteiger charge is 2.56. The molecule has 0 saturated carbocycles. The van der Waals surface area contributed by atoms with Gasteiger partial charge in [-0.25, -0.2) is 0 Å². The van der Waals surface area contributed by atoms with E-state index in [-0.39, 0.29) is 0 Å². The lowest BCUT2D eigenvalue weighted by atomic mass is 9.95. The molecular weight excluding hydrogens is 598 g/mol. The number of rotatable bonds is 11. The van der Waals surface area contributed by atoms with Crippen molar-refractivity contribution < 1.29 is 81.3 Å². The summed E-state index contributed by atoms with van der Waals surface area (Å²) in [5, 5.41) is 13.1. The van der Waals surface area contributed by atoms with Crippen molar-refractivity contribution in [2.75, 3.05) is 13.2 Å². The Balaban J connectivity index is 2.66. The minimum Gasteiger partial charge on any atom is -0.463 e. The van der Waals surface area contributed by atoms with E-state index >= 15 is 0 Å². The normalized spacial score (nSPS) is 31.5. The molecule has 2 rings (SSSR count). The summed E-state index contributed by atoms with van der Waals surface area (Å²) in [6.45, 7) is 6.33. The molecule has 0 aromatic rings. The van der Waals surface area contributed by atoms with Gasteiger partial charge in [-0.3, -0.25) is 33.6 Å². The number of aliphatic hydroxyl groups excluding tert-OH is 1. The van der Waals surface area contributed by atoms with Crippen LogP contribution >= 0.6 is 0 Å². The first kappa shape index (κ1) is 36.3. The predicted molar refractivity (Wildman–Crippen MR) is 138 cm³/mol. The molecule has 10 atom stereocenters. The van der Waals surface area contributed by atoms with Crippen LogP contribution in [0, 0.1) is 0 Å². The van der Waals surface area contributed by atoms with Gasteiger partial charge in [0.25, 0.3) is 0 Å². The lowest BCUT2D eigenvalue weighted by molar-refractivity contribution is -0.347. The number of nitrogens with one attached hydrogen (secondary N) is 1. The zero-order valence-corrected chi connectivity index (χ0v) is 25.2. The maximum atomic E-state index is 12.2. The maximum absolute atomic E-state index is 12.2. The van der Waals surface area contributed by atoms with Gasteiger partial charge in [-0.1, -0.05) is 0 Å². The van der Waals surface area contributed by atoms with Crippen LogP contribution in [0.25, 0.3) is 0 Å². The third-order valence-electron chi connectivity index (χ3n) is 6.03. The van der Waals surface area contributed by atoms with Gasteiger partial charge in [-0.05, 0) is 0 Å². The van der Waals surface area contributed by atoms with E-state index in [0.717, 1.165) is 48.5 Å². The SMILES string of the molecule is CC(=O)N[C@H]1[C@H](OC(C)=O)[C@H](O[C@@H]2O[C@H](COC(C)=O)[C@H](OC(C)=O)[C@@H](OC(C)=O)[C@@H]2OC(C)=O)[C@H](COC(C)=O)O[C@H]1O. The molecular formula is C26H37NO17. The van der Waals surface area contributed by atoms with Crippen LogP contribution in [0.1, 0.15) is 48.5 Å². The maximum Gasteiger partial charge on any atom is 0.303 e. The number of carbonyl (C=O) groups is 7. The van der Waals surface area contributed by atoms with E-state index < -0.39 is 116 Å². The second-order valence-corrected chi connectivity index (χ2v) is 9.84. The fourth-order valence-electron chi connectivity index (χ4n) is 4.59. The topological polar surface area (TPSA) is 235 Å². The average Bonchev–Trinajstić information content (AvgIpc) is 2.87. The summed E-state index contributed by atoms with van der Waals surface area (Å²) in [6.07, 6.45) is -14.2. The van der Waals surface area contributed by atoms with Crippen LogP contribution in [0.3, 0.4) is 0 Å². The fourth-order valence-corrected chi connectivity index (χ4v) is 4.59. The van der Waals surface area contributed by atoms with Crippen LogP contribution in [0.15, 0.2) is 0 Å². The second kappa shape index (κ2) is 16.3. The quantitative estimate of drug-likeness (QED) is 0.188. The lowest BCUT2D eigenvalue weighted by Gasteiger charge is -2.48. The number of ether oxygens (including phenoxy) is 9. The molecule has 0 radical (unpaired) electrons. The number of aliphatic hydroxyl groups is 1. The van der Waals surface area contributed by atoms with Crippen molar-refractivity contribution in [1.82, 2.24) is 5.32 Å². The van der Waals surface area contributed by atoms with E-state index in [4.69, 9.17) is 42.6 Å². The van der Waals surface area contributed by atoms with Crippen molar-refractivity contribution in [3.8, 4) is 0 Å². The Morgan fingerprint density at radius 3 is 1.45 bits per heavy atom. The van der Waals surface area contributed by atoms with Gasteiger partial charge < -0.3 is 53.1 Å². The molecule has 1 amide bonds. The Morgan fingerprint density at radius 1 is 0.568 bits per heavy atom. The highest BCUT2D eigenvalue weighted by atomic mass is 16.8. The van der Waals surface area contributed by atoms with E-state index in [2.05, 4.69) is 5.32 Å². The van der Waals surface area contributed by atoms with E-state index in [9.17, 15) is 38.7 Å². The molecule has 2 saturated heterocycles. The summed E-state index contributed by atoms with van der Waals surface area (Å²) >= 11 is 0. The monoisotopic (exact) mass is 635 g/mol. The molecule has 0 aromatic heterocycles. The number of hydrogen-bond acceptors (Lipinski definition) is 17. The molecule has 44 heavy (non-hydrogen) atoms. The molecule has 0 aliphatic carbocycles. The smallest absolute Gasteiger partial charge is 0.303 e. The molecule has 2 N–H and O–H groups in total. The first-order chi connectivity index (χ1) is 20.5. The van der Waals surface area contributed by atoms with Crippen LogP contribution in [-0.2, 0) is 76.2 Å². The van der Waals surface area contributed by atoms with Crippen molar-refractivity contribution in [2.24, 2.45) is 0 Å². The van der Waals surface area contributed by atoms with Gasteiger partial charge in [0.05, 0.1) is 0 Å². The van der Waals surface area contributed by atoms with Crippen LogP contribution in [0.2, 0.25) is 0 Å². The largest absolute Gasteiger partial charge is 0.463 e. The number of amides is 1. The molecule has 2 aliphatic rings. The summed E-state index contributed by atoms with van der Waals surface area (Å²) in [4.78, 5) is 83.6. The third-order valence-corrected chi connectivity index (χ3v) is 6.03. The van der Waals surface area contributed by atoms with Gasteiger partial charge in [-0.15, -0.1) is 0 Å². The summed E-state index contributed by atoms with van der Waals surface area (Å²) in [5.74, 6) is -5.68. The standard InChI is InChI=1S/C26H37NO17/c1-10(28)27-19-22(39-14(5)32)20(17(42-25(19)35)8-36-11(2)29)44-26-24(41-16(7)34)23(40-15(6)33)21(38-13(4)31)18(43-26)9-37-12(3)30/h17-26,35H,8-9H2,1-7H3,(H,27,28)/t17-,18+,19-,20+,21-,22-,23+,24-,25+,26-/m0/s1. The summed E-state index contributed by atoms with van der Waals surface area (Å²) < 4.78 is 49.2. The predicted octanol–water partition coefficient (Wildman–Crippen LogP) is -1.83. The van der Waals surface area contributed by atoms with Crippen molar-refractivity contribution in [2.45, 2.75) is 110 Å². The van der Waals surface area contributed by atoms with Gasteiger partial charge in [0, 0.05) is 48.5 Å². The lowest BCUT2D eigenvalue weighted by Crippen LogP contribution is -2.68. The Labute approximate surface area is 251 Å². The Bertz CT molecular complexity index is 1090. The zero-order valence-electron chi connectivity index (χ0n) is 25.2. The average molecular weight is 636 g/mol. The summed E-state index contributed by atoms with van der Waals surface area (Å²) in [7, 11) is 0. The molecule has 18 nitrogen and oxygen atoms in total. The second-order valence-electron chi connectivity index (χ2n) is 9.84. The molecule has 0 aromatic carbocycles. The zero-order chi connectivity index (χ0) is 33.3. The molecule has 0 bridgehead atoms. The first-order valence-corrected chi connectivity index (χ1v) is 13.4. The third kappa shape index (κ3) is 10.7. The number of esters is 6. The molecule has 2 fully saturated rings. The van der Waals surface area contributed by atoms with Crippen molar-refractivity contribution in [1.29, 1.82) is 0 Å². The van der Waals surface area contributed by atoms with Crippen LogP contribution in [-0.4, -0.2) is 121 Å². The highest BCUT2D eigenvalue weighted by Crippen LogP contribution is 2.34. The van der Waals surface area contributed by atoms with Gasteiger partial charge in [0.1, 0.15) is 37.6 Å². The van der Waals surface area contributed by atoms with E-state index in [1.54, 1.807) is 0 Å². The van der Waals surface area contributed by atoms with Gasteiger partial charge >= 0.3 is 35.8 Å². The Morgan fingerprint density at radius 2 is 1.00 bits per heavy atom. The van der Waals surface area contributed by atoms with Crippen molar-refractivity contribution in [3.05, 3.63) is 0 Å². The van der Waals surface area contributed by atoms with Gasteiger partial charge in [0.2, 0.25) is 5.91 Å². The molecule has 2 aliphatic heterocycles. The molecule has 2 heterocycles. The van der Waals surface area contributed by atoms with E-state index in [1.165, 1.54) is 0 Å². The fraction of sp³-hybridized carbons (Fsp3) is 0.731. The van der Waals surface area contributed by atoms with Crippen LogP contribution in [0.4, 0.5) is 0 Å². The van der Waals surface area contributed by atoms with Crippen LogP contribution in [0.5, 0.6) is 0 Å². The van der Waals surface area contributed by atoms with E-state index in [1.807, 2.05) is 0 Å². The molecule has 248 valence electrons. The first-order valence-electron chi connectivity index (χ1n) is 13.4. The minimum atomic E-state index is -1.79. The number of hydrogen-bond donors (Lipinski definition) is 2. The van der Waals surface area contributed by atoms with Crippen molar-refractivity contribution >= 4 is 41.7 Å². The number of carbonyl (C=O) groups excluding carboxylic acids is 7. The summed E-state index contributed by atoms with van der Waals surface area (Å²) in [5.41, 5.74) is 0. The molecule has 0 spiro atoms. The minimum absolute atomic E-state index is 0.559. The Kier molecular flexibility index (Phi) is 13.4. The van der Waals surface area contributed by atoms with Crippen molar-refractivity contribution in [3.63, 3.8) is 0 Å². The molecule has 0 unspecified atom stereocenters. The summed E-state index contributed by atoms with van der Waals surface area (Å²) in [6, 6.07) is -1.43. The van der Waals surface area contributed by atoms with E-state index in [0.29, 0.717) is 0 Å². The Hall–Kier alpha value is -3.87. The van der Waals surface area contributed by atoms with Crippen LogP contribution < -0.4 is 5.32 Å². The highest BCUT2D eigenvalue weighted by molar-refractivity contribution is 5.73. The van der Waals surface area contributed by atoms with Gasteiger partial charge in [0.15, 0.2) is 37.0 Å². The van der Waals surface area contributed by atoms with Gasteiger partial charge in [-0.2, -0.15) is 0 Å².